The van der Waals surface area contributed by atoms with Crippen molar-refractivity contribution in [1.29, 1.82) is 0 Å². The highest BCUT2D eigenvalue weighted by Crippen LogP contribution is 2.33. The van der Waals surface area contributed by atoms with E-state index in [4.69, 9.17) is 4.74 Å². The summed E-state index contributed by atoms with van der Waals surface area (Å²) >= 11 is 0. The van der Waals surface area contributed by atoms with E-state index in [1.165, 1.54) is 11.1 Å². The van der Waals surface area contributed by atoms with E-state index in [1.807, 2.05) is 30.3 Å². The molecule has 0 saturated carbocycles. The zero-order chi connectivity index (χ0) is 13.1. The molecule has 0 N–H and O–H groups in total. The maximum atomic E-state index is 5.82. The van der Waals surface area contributed by atoms with Crippen LogP contribution in [0.1, 0.15) is 17.0 Å². The zero-order valence-corrected chi connectivity index (χ0v) is 10.8. The number of hydrogen-bond acceptors (Lipinski definition) is 1. The molecule has 0 radical (unpaired) electrons. The Labute approximate surface area is 113 Å². The van der Waals surface area contributed by atoms with Gasteiger partial charge >= 0.3 is 0 Å². The number of ether oxygens (including phenoxy) is 1. The van der Waals surface area contributed by atoms with Gasteiger partial charge in [0.15, 0.2) is 0 Å². The molecule has 94 valence electrons. The molecule has 0 amide bonds. The van der Waals surface area contributed by atoms with Crippen molar-refractivity contribution in [3.63, 3.8) is 0 Å². The van der Waals surface area contributed by atoms with Crippen LogP contribution < -0.4 is 4.74 Å². The largest absolute Gasteiger partial charge is 0.489 e. The molecule has 3 rings (SSSR count). The fourth-order valence-electron chi connectivity index (χ4n) is 2.48. The van der Waals surface area contributed by atoms with Crippen molar-refractivity contribution in [2.24, 2.45) is 0 Å². The predicted molar refractivity (Wildman–Crippen MR) is 79.3 cm³/mol. The first-order valence-electron chi connectivity index (χ1n) is 6.48. The molecule has 0 aliphatic carbocycles. The van der Waals surface area contributed by atoms with Crippen LogP contribution in [0, 0.1) is 0 Å². The minimum Gasteiger partial charge on any atom is -0.489 e. The average molecular weight is 248 g/mol. The Balaban J connectivity index is 1.98. The smallest absolute Gasteiger partial charge is 0.127 e. The third kappa shape index (κ3) is 2.32. The summed E-state index contributed by atoms with van der Waals surface area (Å²) in [5.74, 6) is 1.18. The highest BCUT2D eigenvalue weighted by Gasteiger charge is 2.18. The van der Waals surface area contributed by atoms with Crippen LogP contribution in [-0.4, -0.2) is 6.61 Å². The van der Waals surface area contributed by atoms with Gasteiger partial charge in [0.25, 0.3) is 0 Å². The van der Waals surface area contributed by atoms with E-state index in [2.05, 4.69) is 43.0 Å². The molecule has 0 saturated heterocycles. The van der Waals surface area contributed by atoms with E-state index in [-0.39, 0.29) is 5.92 Å². The lowest BCUT2D eigenvalue weighted by Gasteiger charge is -2.23. The van der Waals surface area contributed by atoms with Gasteiger partial charge in [-0.05, 0) is 23.3 Å². The second-order valence-electron chi connectivity index (χ2n) is 4.67. The molecular weight excluding hydrogens is 232 g/mol. The minimum absolute atomic E-state index is 0.217. The van der Waals surface area contributed by atoms with E-state index in [1.54, 1.807) is 0 Å². The third-order valence-electron chi connectivity index (χ3n) is 3.45. The Bertz CT molecular complexity index is 611. The summed E-state index contributed by atoms with van der Waals surface area (Å²) in [5.41, 5.74) is 3.65. The van der Waals surface area contributed by atoms with Gasteiger partial charge in [-0.1, -0.05) is 54.6 Å². The molecule has 19 heavy (non-hydrogen) atoms. The van der Waals surface area contributed by atoms with Crippen LogP contribution in [0.25, 0.3) is 6.08 Å². The Kier molecular flexibility index (Phi) is 3.20. The summed E-state index contributed by atoms with van der Waals surface area (Å²) in [6.45, 7) is 4.60. The van der Waals surface area contributed by atoms with Crippen LogP contribution in [0.15, 0.2) is 72.8 Å². The lowest BCUT2D eigenvalue weighted by molar-refractivity contribution is 0.342. The highest BCUT2D eigenvalue weighted by molar-refractivity contribution is 5.64. The Hall–Kier alpha value is -2.28. The average Bonchev–Trinajstić information content (AvgIpc) is 2.49. The normalized spacial score (nSPS) is 14.8. The zero-order valence-electron chi connectivity index (χ0n) is 10.8. The van der Waals surface area contributed by atoms with Gasteiger partial charge in [0.05, 0.1) is 0 Å². The number of fused-ring (bicyclic) bond motifs is 1. The summed E-state index contributed by atoms with van der Waals surface area (Å²) in [5, 5.41) is 0. The van der Waals surface area contributed by atoms with Crippen LogP contribution in [0.2, 0.25) is 0 Å². The SMILES string of the molecule is C=CC(C1=Cc2ccccc2OC1)c1ccccc1. The van der Waals surface area contributed by atoms with Gasteiger partial charge in [-0.2, -0.15) is 0 Å². The molecule has 1 heterocycles. The summed E-state index contributed by atoms with van der Waals surface area (Å²) in [7, 11) is 0. The quantitative estimate of drug-likeness (QED) is 0.730. The summed E-state index contributed by atoms with van der Waals surface area (Å²) in [6, 6.07) is 18.5. The van der Waals surface area contributed by atoms with Gasteiger partial charge in [0, 0.05) is 11.5 Å². The number of para-hydroxylation sites is 1. The predicted octanol–water partition coefficient (Wildman–Crippen LogP) is 4.43. The van der Waals surface area contributed by atoms with Crippen LogP contribution in [0.4, 0.5) is 0 Å². The van der Waals surface area contributed by atoms with Crippen LogP contribution >= 0.6 is 0 Å². The highest BCUT2D eigenvalue weighted by atomic mass is 16.5. The van der Waals surface area contributed by atoms with Crippen molar-refractivity contribution in [3.05, 3.63) is 84.0 Å². The summed E-state index contributed by atoms with van der Waals surface area (Å²) in [4.78, 5) is 0. The molecular formula is C18H16O. The van der Waals surface area contributed by atoms with Crippen molar-refractivity contribution >= 4 is 6.08 Å². The topological polar surface area (TPSA) is 9.23 Å². The third-order valence-corrected chi connectivity index (χ3v) is 3.45. The lowest BCUT2D eigenvalue weighted by atomic mass is 9.89. The van der Waals surface area contributed by atoms with Crippen LogP contribution in [-0.2, 0) is 0 Å². The molecule has 2 aromatic rings. The van der Waals surface area contributed by atoms with Gasteiger partial charge < -0.3 is 4.74 Å². The van der Waals surface area contributed by atoms with Gasteiger partial charge in [-0.25, -0.2) is 0 Å². The van der Waals surface area contributed by atoms with Crippen molar-refractivity contribution in [1.82, 2.24) is 0 Å². The molecule has 1 heteroatoms. The number of allylic oxidation sites excluding steroid dienone is 1. The fourth-order valence-corrected chi connectivity index (χ4v) is 2.48. The number of rotatable bonds is 3. The maximum Gasteiger partial charge on any atom is 0.127 e. The van der Waals surface area contributed by atoms with E-state index in [9.17, 15) is 0 Å². The molecule has 1 aliphatic heterocycles. The van der Waals surface area contributed by atoms with Crippen molar-refractivity contribution in [2.45, 2.75) is 5.92 Å². The van der Waals surface area contributed by atoms with E-state index in [0.717, 1.165) is 11.3 Å². The second kappa shape index (κ2) is 5.15. The van der Waals surface area contributed by atoms with Crippen molar-refractivity contribution in [2.75, 3.05) is 6.61 Å². The second-order valence-corrected chi connectivity index (χ2v) is 4.67. The summed E-state index contributed by atoms with van der Waals surface area (Å²) < 4.78 is 5.82. The lowest BCUT2D eigenvalue weighted by Crippen LogP contribution is -2.12. The van der Waals surface area contributed by atoms with Crippen molar-refractivity contribution < 1.29 is 4.74 Å². The minimum atomic E-state index is 0.217. The molecule has 1 unspecified atom stereocenters. The van der Waals surface area contributed by atoms with Crippen molar-refractivity contribution in [3.8, 4) is 5.75 Å². The van der Waals surface area contributed by atoms with Gasteiger partial charge in [-0.15, -0.1) is 6.58 Å². The molecule has 0 fully saturated rings. The van der Waals surface area contributed by atoms with Crippen LogP contribution in [0.3, 0.4) is 0 Å². The van der Waals surface area contributed by atoms with E-state index >= 15 is 0 Å². The molecule has 0 spiro atoms. The number of hydrogen-bond donors (Lipinski definition) is 0. The monoisotopic (exact) mass is 248 g/mol. The first-order chi connectivity index (χ1) is 9.38. The van der Waals surface area contributed by atoms with E-state index in [0.29, 0.717) is 6.61 Å². The maximum absolute atomic E-state index is 5.82. The Morgan fingerprint density at radius 2 is 1.74 bits per heavy atom. The fraction of sp³-hybridized carbons (Fsp3) is 0.111. The molecule has 1 aliphatic rings. The van der Waals surface area contributed by atoms with E-state index < -0.39 is 0 Å². The van der Waals surface area contributed by atoms with Gasteiger partial charge in [-0.3, -0.25) is 0 Å². The molecule has 0 bridgehead atoms. The van der Waals surface area contributed by atoms with Gasteiger partial charge in [0.1, 0.15) is 12.4 Å². The Morgan fingerprint density at radius 1 is 1.00 bits per heavy atom. The first-order valence-corrected chi connectivity index (χ1v) is 6.48. The van der Waals surface area contributed by atoms with Gasteiger partial charge in [0.2, 0.25) is 0 Å². The first kappa shape index (κ1) is 11.8. The Morgan fingerprint density at radius 3 is 2.53 bits per heavy atom. The molecule has 1 nitrogen and oxygen atoms in total. The molecule has 1 atom stereocenters. The molecule has 2 aromatic carbocycles. The summed E-state index contributed by atoms with van der Waals surface area (Å²) in [6.07, 6.45) is 4.20. The standard InChI is InChI=1S/C18H16O/c1-2-17(14-8-4-3-5-9-14)16-12-15-10-6-7-11-18(15)19-13-16/h2-12,17H,1,13H2. The molecule has 0 aromatic heterocycles. The number of benzene rings is 2. The van der Waals surface area contributed by atoms with Crippen LogP contribution in [0.5, 0.6) is 5.75 Å².